The Labute approximate surface area is 236 Å². The predicted molar refractivity (Wildman–Crippen MR) is 156 cm³/mol. The van der Waals surface area contributed by atoms with Gasteiger partial charge in [0.1, 0.15) is 0 Å². The van der Waals surface area contributed by atoms with Gasteiger partial charge in [0.15, 0.2) is 0 Å². The van der Waals surface area contributed by atoms with Crippen molar-refractivity contribution in [1.82, 2.24) is 20.0 Å². The molecule has 2 unspecified atom stereocenters. The van der Waals surface area contributed by atoms with E-state index in [9.17, 15) is 9.59 Å². The topological polar surface area (TPSA) is 101 Å². The van der Waals surface area contributed by atoms with Crippen LogP contribution in [0.1, 0.15) is 87.7 Å². The number of piperidine rings is 1. The number of ether oxygens (including phenoxy) is 1. The van der Waals surface area contributed by atoms with Gasteiger partial charge in [0.2, 0.25) is 0 Å². The molecule has 40 heavy (non-hydrogen) atoms. The molecule has 1 saturated carbocycles. The van der Waals surface area contributed by atoms with Crippen LogP contribution in [0.25, 0.3) is 5.57 Å². The van der Waals surface area contributed by atoms with Crippen LogP contribution < -0.4 is 16.0 Å². The molecule has 4 aliphatic rings. The van der Waals surface area contributed by atoms with Gasteiger partial charge in [-0.25, -0.2) is 0 Å². The smallest absolute Gasteiger partial charge is 0.258 e. The summed E-state index contributed by atoms with van der Waals surface area (Å²) in [5.74, 6) is 0.429. The normalized spacial score (nSPS) is 24.8. The SMILES string of the molecule is CC/C(Nc1cnn(C2CCN(C(C)C)CC2)c1)=C1/C(=O)Nc2ccc(C(=O)NCC3CCC(C4CC4)O3)cc21. The van der Waals surface area contributed by atoms with E-state index in [0.29, 0.717) is 42.3 Å². The fourth-order valence-corrected chi connectivity index (χ4v) is 6.39. The van der Waals surface area contributed by atoms with Crippen molar-refractivity contribution in [3.63, 3.8) is 0 Å². The number of hydrogen-bond acceptors (Lipinski definition) is 6. The van der Waals surface area contributed by atoms with Crippen molar-refractivity contribution in [1.29, 1.82) is 0 Å². The summed E-state index contributed by atoms with van der Waals surface area (Å²) in [5.41, 5.74) is 4.28. The minimum atomic E-state index is -0.157. The molecule has 9 heteroatoms. The van der Waals surface area contributed by atoms with Crippen molar-refractivity contribution in [2.75, 3.05) is 30.3 Å². The molecule has 2 saturated heterocycles. The molecule has 0 bridgehead atoms. The van der Waals surface area contributed by atoms with E-state index in [1.165, 1.54) is 12.8 Å². The molecule has 3 aliphatic heterocycles. The van der Waals surface area contributed by atoms with Crippen molar-refractivity contribution in [2.24, 2.45) is 5.92 Å². The van der Waals surface area contributed by atoms with Gasteiger partial charge in [-0.2, -0.15) is 5.10 Å². The molecule has 1 aromatic heterocycles. The van der Waals surface area contributed by atoms with Gasteiger partial charge in [-0.05, 0) is 82.9 Å². The van der Waals surface area contributed by atoms with Gasteiger partial charge in [-0.15, -0.1) is 0 Å². The highest BCUT2D eigenvalue weighted by molar-refractivity contribution is 6.32. The molecule has 1 aliphatic carbocycles. The van der Waals surface area contributed by atoms with Crippen LogP contribution in [0.4, 0.5) is 11.4 Å². The number of nitrogens with zero attached hydrogens (tertiary/aromatic N) is 3. The lowest BCUT2D eigenvalue weighted by atomic mass is 10.0. The van der Waals surface area contributed by atoms with Crippen LogP contribution in [-0.4, -0.2) is 64.4 Å². The number of aromatic nitrogens is 2. The van der Waals surface area contributed by atoms with Crippen molar-refractivity contribution in [2.45, 2.75) is 90.0 Å². The number of allylic oxidation sites excluding steroid dienone is 1. The summed E-state index contributed by atoms with van der Waals surface area (Å²) in [5, 5.41) is 14.1. The average Bonchev–Trinajstić information content (AvgIpc) is 3.36. The Morgan fingerprint density at radius 3 is 2.67 bits per heavy atom. The van der Waals surface area contributed by atoms with Crippen molar-refractivity contribution < 1.29 is 14.3 Å². The summed E-state index contributed by atoms with van der Waals surface area (Å²) in [4.78, 5) is 28.6. The molecular formula is C31H42N6O3. The summed E-state index contributed by atoms with van der Waals surface area (Å²) in [6.45, 7) is 9.20. The Hall–Kier alpha value is -3.17. The molecule has 4 heterocycles. The monoisotopic (exact) mass is 546 g/mol. The Morgan fingerprint density at radius 1 is 1.15 bits per heavy atom. The first-order chi connectivity index (χ1) is 19.4. The number of carbonyl (C=O) groups excluding carboxylic acids is 2. The van der Waals surface area contributed by atoms with Gasteiger partial charge >= 0.3 is 0 Å². The molecule has 3 fully saturated rings. The molecule has 2 amide bonds. The van der Waals surface area contributed by atoms with Gasteiger partial charge in [-0.1, -0.05) is 6.92 Å². The first-order valence-electron chi connectivity index (χ1n) is 15.1. The molecule has 3 N–H and O–H groups in total. The van der Waals surface area contributed by atoms with Gasteiger partial charge in [0, 0.05) is 54.4 Å². The first kappa shape index (κ1) is 27.0. The number of rotatable bonds is 9. The third-order valence-electron chi connectivity index (χ3n) is 8.96. The standard InChI is InChI=1S/C31H42N6O3/c1-4-26(34-22-16-33-37(18-22)23-11-13-36(14-12-23)19(2)3)29-25-15-21(7-9-27(25)35-31(29)39)30(38)32-17-24-8-10-28(40-24)20-5-6-20/h7,9,15-16,18-20,23-24,28,34H,4-6,8,10-14,17H2,1-3H3,(H,32,38)(H,35,39)/b29-26-. The zero-order valence-electron chi connectivity index (χ0n) is 23.9. The van der Waals surface area contributed by atoms with E-state index in [4.69, 9.17) is 4.74 Å². The lowest BCUT2D eigenvalue weighted by Gasteiger charge is -2.34. The third-order valence-corrected chi connectivity index (χ3v) is 8.96. The Kier molecular flexibility index (Phi) is 7.68. The van der Waals surface area contributed by atoms with Gasteiger partial charge in [0.05, 0.1) is 35.7 Å². The Morgan fingerprint density at radius 2 is 1.95 bits per heavy atom. The van der Waals surface area contributed by atoms with Crippen LogP contribution in [0.2, 0.25) is 0 Å². The number of amides is 2. The number of fused-ring (bicyclic) bond motifs is 1. The quantitative estimate of drug-likeness (QED) is 0.391. The van der Waals surface area contributed by atoms with Crippen LogP contribution in [-0.2, 0) is 9.53 Å². The fourth-order valence-electron chi connectivity index (χ4n) is 6.39. The van der Waals surface area contributed by atoms with Crippen LogP contribution in [0, 0.1) is 5.92 Å². The summed E-state index contributed by atoms with van der Waals surface area (Å²) in [6, 6.07) is 6.37. The number of nitrogens with one attached hydrogen (secondary N) is 3. The third kappa shape index (κ3) is 5.67. The van der Waals surface area contributed by atoms with Crippen LogP contribution in [0.5, 0.6) is 0 Å². The summed E-state index contributed by atoms with van der Waals surface area (Å²) in [6.07, 6.45) is 11.8. The Bertz CT molecular complexity index is 1290. The molecular weight excluding hydrogens is 504 g/mol. The molecule has 1 aromatic carbocycles. The van der Waals surface area contributed by atoms with E-state index in [-0.39, 0.29) is 17.9 Å². The van der Waals surface area contributed by atoms with E-state index >= 15 is 0 Å². The summed E-state index contributed by atoms with van der Waals surface area (Å²) in [7, 11) is 0. The highest BCUT2D eigenvalue weighted by Gasteiger charge is 2.37. The minimum Gasteiger partial charge on any atom is -0.373 e. The van der Waals surface area contributed by atoms with Gasteiger partial charge in [0.25, 0.3) is 11.8 Å². The van der Waals surface area contributed by atoms with E-state index in [1.54, 1.807) is 6.07 Å². The van der Waals surface area contributed by atoms with Crippen molar-refractivity contribution in [3.8, 4) is 0 Å². The number of benzene rings is 1. The summed E-state index contributed by atoms with van der Waals surface area (Å²) < 4.78 is 8.20. The number of likely N-dealkylation sites (tertiary alicyclic amines) is 1. The van der Waals surface area contributed by atoms with E-state index in [0.717, 1.165) is 67.3 Å². The van der Waals surface area contributed by atoms with Gasteiger partial charge < -0.3 is 25.6 Å². The summed E-state index contributed by atoms with van der Waals surface area (Å²) >= 11 is 0. The van der Waals surface area contributed by atoms with Gasteiger partial charge in [-0.3, -0.25) is 14.3 Å². The van der Waals surface area contributed by atoms with Crippen molar-refractivity contribution in [3.05, 3.63) is 47.4 Å². The zero-order chi connectivity index (χ0) is 27.8. The molecule has 9 nitrogen and oxygen atoms in total. The van der Waals surface area contributed by atoms with E-state index in [2.05, 4.69) is 44.5 Å². The molecule has 2 atom stereocenters. The number of hydrogen-bond donors (Lipinski definition) is 3. The van der Waals surface area contributed by atoms with Crippen LogP contribution in [0.3, 0.4) is 0 Å². The van der Waals surface area contributed by atoms with E-state index < -0.39 is 0 Å². The highest BCUT2D eigenvalue weighted by Crippen LogP contribution is 2.40. The fraction of sp³-hybridized carbons (Fsp3) is 0.581. The molecule has 0 radical (unpaired) electrons. The first-order valence-corrected chi connectivity index (χ1v) is 15.1. The zero-order valence-corrected chi connectivity index (χ0v) is 23.9. The van der Waals surface area contributed by atoms with Crippen molar-refractivity contribution >= 4 is 28.8 Å². The second-order valence-corrected chi connectivity index (χ2v) is 12.0. The Balaban J connectivity index is 1.13. The van der Waals surface area contributed by atoms with E-state index in [1.807, 2.05) is 31.5 Å². The molecule has 6 rings (SSSR count). The second-order valence-electron chi connectivity index (χ2n) is 12.0. The largest absolute Gasteiger partial charge is 0.373 e. The number of anilines is 2. The average molecular weight is 547 g/mol. The predicted octanol–water partition coefficient (Wildman–Crippen LogP) is 4.80. The second kappa shape index (κ2) is 11.4. The van der Waals surface area contributed by atoms with Crippen LogP contribution >= 0.6 is 0 Å². The molecule has 0 spiro atoms. The molecule has 2 aromatic rings. The maximum atomic E-state index is 13.1. The van der Waals surface area contributed by atoms with Crippen LogP contribution in [0.15, 0.2) is 36.3 Å². The highest BCUT2D eigenvalue weighted by atomic mass is 16.5. The lowest BCUT2D eigenvalue weighted by Crippen LogP contribution is -2.39. The maximum Gasteiger partial charge on any atom is 0.258 e. The minimum absolute atomic E-state index is 0.0854. The number of carbonyl (C=O) groups is 2. The lowest BCUT2D eigenvalue weighted by molar-refractivity contribution is -0.110. The maximum absolute atomic E-state index is 13.1. The molecule has 214 valence electrons.